The number of methoxy groups -OCH3 is 1. The molecule has 1 N–H and O–H groups in total. The molecule has 0 saturated carbocycles. The van der Waals surface area contributed by atoms with Gasteiger partial charge in [-0.2, -0.15) is 0 Å². The zero-order valence-electron chi connectivity index (χ0n) is 7.80. The van der Waals surface area contributed by atoms with Crippen molar-refractivity contribution < 1.29 is 9.53 Å². The van der Waals surface area contributed by atoms with Crippen molar-refractivity contribution in [2.45, 2.75) is 19.8 Å². The third-order valence-corrected chi connectivity index (χ3v) is 2.64. The van der Waals surface area contributed by atoms with Crippen molar-refractivity contribution in [1.29, 1.82) is 0 Å². The molecule has 3 nitrogen and oxygen atoms in total. The minimum Gasteiger partial charge on any atom is -0.469 e. The van der Waals surface area contributed by atoms with Crippen molar-refractivity contribution in [2.75, 3.05) is 20.2 Å². The summed E-state index contributed by atoms with van der Waals surface area (Å²) >= 11 is 0. The number of ether oxygens (including phenoxy) is 1. The van der Waals surface area contributed by atoms with Crippen LogP contribution in [-0.4, -0.2) is 26.2 Å². The van der Waals surface area contributed by atoms with Gasteiger partial charge in [-0.05, 0) is 31.3 Å². The molecule has 0 bridgehead atoms. The number of carbonyl (C=O) groups is 1. The van der Waals surface area contributed by atoms with Gasteiger partial charge in [0.05, 0.1) is 7.11 Å². The Balaban J connectivity index is 2.33. The predicted molar refractivity (Wildman–Crippen MR) is 46.8 cm³/mol. The number of hydrogen-bond acceptors (Lipinski definition) is 3. The van der Waals surface area contributed by atoms with E-state index in [-0.39, 0.29) is 5.97 Å². The maximum Gasteiger partial charge on any atom is 0.305 e. The van der Waals surface area contributed by atoms with Gasteiger partial charge in [0.2, 0.25) is 0 Å². The summed E-state index contributed by atoms with van der Waals surface area (Å²) in [7, 11) is 1.45. The van der Waals surface area contributed by atoms with Crippen LogP contribution in [0.1, 0.15) is 19.8 Å². The van der Waals surface area contributed by atoms with Crippen LogP contribution in [-0.2, 0) is 9.53 Å². The fraction of sp³-hybridized carbons (Fsp3) is 0.889. The second kappa shape index (κ2) is 4.45. The molecule has 0 aliphatic carbocycles. The normalized spacial score (nSPS) is 29.8. The molecule has 3 heteroatoms. The first-order valence-corrected chi connectivity index (χ1v) is 4.51. The van der Waals surface area contributed by atoms with Crippen LogP contribution in [0.25, 0.3) is 0 Å². The maximum atomic E-state index is 11.0. The maximum absolute atomic E-state index is 11.0. The molecule has 70 valence electrons. The molecule has 0 unspecified atom stereocenters. The van der Waals surface area contributed by atoms with Crippen LogP contribution >= 0.6 is 0 Å². The number of piperidine rings is 1. The van der Waals surface area contributed by atoms with Crippen LogP contribution in [0.15, 0.2) is 0 Å². The number of rotatable bonds is 2. The zero-order valence-corrected chi connectivity index (χ0v) is 7.80. The van der Waals surface area contributed by atoms with Gasteiger partial charge in [-0.25, -0.2) is 0 Å². The topological polar surface area (TPSA) is 38.3 Å². The Morgan fingerprint density at radius 1 is 1.67 bits per heavy atom. The van der Waals surface area contributed by atoms with E-state index in [2.05, 4.69) is 17.0 Å². The molecule has 2 atom stereocenters. The summed E-state index contributed by atoms with van der Waals surface area (Å²) in [5, 5.41) is 3.29. The van der Waals surface area contributed by atoms with Crippen molar-refractivity contribution in [3.05, 3.63) is 0 Å². The van der Waals surface area contributed by atoms with E-state index in [1.54, 1.807) is 0 Å². The Morgan fingerprint density at radius 2 is 2.42 bits per heavy atom. The lowest BCUT2D eigenvalue weighted by atomic mass is 9.86. The van der Waals surface area contributed by atoms with Gasteiger partial charge < -0.3 is 10.1 Å². The molecule has 0 amide bonds. The van der Waals surface area contributed by atoms with Crippen LogP contribution in [0.4, 0.5) is 0 Å². The van der Waals surface area contributed by atoms with E-state index in [1.165, 1.54) is 13.5 Å². The third kappa shape index (κ3) is 2.48. The van der Waals surface area contributed by atoms with Crippen molar-refractivity contribution in [1.82, 2.24) is 5.32 Å². The van der Waals surface area contributed by atoms with Gasteiger partial charge in [-0.3, -0.25) is 4.79 Å². The molecule has 0 spiro atoms. The first kappa shape index (κ1) is 9.52. The number of carbonyl (C=O) groups excluding carboxylic acids is 1. The van der Waals surface area contributed by atoms with E-state index in [0.717, 1.165) is 13.1 Å². The fourth-order valence-electron chi connectivity index (χ4n) is 1.62. The Bertz CT molecular complexity index is 159. The molecule has 0 aromatic carbocycles. The zero-order chi connectivity index (χ0) is 8.97. The largest absolute Gasteiger partial charge is 0.469 e. The highest BCUT2D eigenvalue weighted by atomic mass is 16.5. The Hall–Kier alpha value is -0.570. The highest BCUT2D eigenvalue weighted by Crippen LogP contribution is 2.21. The van der Waals surface area contributed by atoms with E-state index in [1.807, 2.05) is 0 Å². The van der Waals surface area contributed by atoms with Gasteiger partial charge in [0.15, 0.2) is 0 Å². The van der Waals surface area contributed by atoms with Crippen LogP contribution in [0.3, 0.4) is 0 Å². The van der Waals surface area contributed by atoms with Gasteiger partial charge >= 0.3 is 5.97 Å². The summed E-state index contributed by atoms with van der Waals surface area (Å²) in [5.74, 6) is 1.02. The number of hydrogen-bond donors (Lipinski definition) is 1. The lowest BCUT2D eigenvalue weighted by molar-refractivity contribution is -0.142. The lowest BCUT2D eigenvalue weighted by Crippen LogP contribution is -2.36. The molecular weight excluding hydrogens is 154 g/mol. The highest BCUT2D eigenvalue weighted by molar-refractivity contribution is 5.69. The smallest absolute Gasteiger partial charge is 0.305 e. The molecule has 0 radical (unpaired) electrons. The molecular formula is C9H17NO2. The fourth-order valence-corrected chi connectivity index (χ4v) is 1.62. The van der Waals surface area contributed by atoms with Crippen molar-refractivity contribution in [3.8, 4) is 0 Å². The van der Waals surface area contributed by atoms with Crippen molar-refractivity contribution >= 4 is 5.97 Å². The Kier molecular flexibility index (Phi) is 3.53. The number of nitrogens with one attached hydrogen (secondary N) is 1. The lowest BCUT2D eigenvalue weighted by Gasteiger charge is -2.28. The van der Waals surface area contributed by atoms with Crippen LogP contribution < -0.4 is 5.32 Å². The molecule has 1 rings (SSSR count). The van der Waals surface area contributed by atoms with Gasteiger partial charge in [0.1, 0.15) is 0 Å². The predicted octanol–water partition coefficient (Wildman–Crippen LogP) is 0.795. The quantitative estimate of drug-likeness (QED) is 0.624. The second-order valence-corrected chi connectivity index (χ2v) is 3.51. The van der Waals surface area contributed by atoms with Gasteiger partial charge in [-0.1, -0.05) is 6.92 Å². The van der Waals surface area contributed by atoms with E-state index < -0.39 is 0 Å². The summed E-state index contributed by atoms with van der Waals surface area (Å²) in [4.78, 5) is 11.0. The minimum absolute atomic E-state index is 0.0875. The molecule has 0 aromatic heterocycles. The SMILES string of the molecule is COC(=O)C[C@H]1CNCC[C@@H]1C. The van der Waals surface area contributed by atoms with Gasteiger partial charge in [0, 0.05) is 6.42 Å². The number of esters is 1. The van der Waals surface area contributed by atoms with Gasteiger partial charge in [0.25, 0.3) is 0 Å². The molecule has 1 aliphatic rings. The molecule has 12 heavy (non-hydrogen) atoms. The van der Waals surface area contributed by atoms with Gasteiger partial charge in [-0.15, -0.1) is 0 Å². The third-order valence-electron chi connectivity index (χ3n) is 2.64. The average Bonchev–Trinajstić information content (AvgIpc) is 2.09. The van der Waals surface area contributed by atoms with Crippen molar-refractivity contribution in [2.24, 2.45) is 11.8 Å². The monoisotopic (exact) mass is 171 g/mol. The second-order valence-electron chi connectivity index (χ2n) is 3.51. The van der Waals surface area contributed by atoms with Crippen LogP contribution in [0, 0.1) is 11.8 Å². The minimum atomic E-state index is -0.0875. The summed E-state index contributed by atoms with van der Waals surface area (Å²) in [5.41, 5.74) is 0. The summed E-state index contributed by atoms with van der Waals surface area (Å²) < 4.78 is 4.63. The van der Waals surface area contributed by atoms with E-state index in [9.17, 15) is 4.79 Å². The summed E-state index contributed by atoms with van der Waals surface area (Å²) in [6, 6.07) is 0. The molecule has 1 aliphatic heterocycles. The average molecular weight is 171 g/mol. The first-order valence-electron chi connectivity index (χ1n) is 4.51. The molecule has 1 fully saturated rings. The van der Waals surface area contributed by atoms with Crippen LogP contribution in [0.5, 0.6) is 0 Å². The van der Waals surface area contributed by atoms with E-state index in [0.29, 0.717) is 18.3 Å². The highest BCUT2D eigenvalue weighted by Gasteiger charge is 2.23. The molecule has 1 heterocycles. The molecule has 0 aromatic rings. The Morgan fingerprint density at radius 3 is 3.00 bits per heavy atom. The first-order chi connectivity index (χ1) is 5.74. The molecule has 1 saturated heterocycles. The van der Waals surface area contributed by atoms with E-state index >= 15 is 0 Å². The Labute approximate surface area is 73.5 Å². The van der Waals surface area contributed by atoms with Crippen molar-refractivity contribution in [3.63, 3.8) is 0 Å². The summed E-state index contributed by atoms with van der Waals surface area (Å²) in [6.45, 7) is 4.24. The van der Waals surface area contributed by atoms with Crippen LogP contribution in [0.2, 0.25) is 0 Å². The van der Waals surface area contributed by atoms with E-state index in [4.69, 9.17) is 0 Å². The summed E-state index contributed by atoms with van der Waals surface area (Å²) in [6.07, 6.45) is 1.73. The standard InChI is InChI=1S/C9H17NO2/c1-7-3-4-10-6-8(7)5-9(11)12-2/h7-8,10H,3-6H2,1-2H3/t7-,8-/m0/s1.